The van der Waals surface area contributed by atoms with E-state index in [1.807, 2.05) is 30.3 Å². The van der Waals surface area contributed by atoms with Crippen molar-refractivity contribution in [3.05, 3.63) is 98.0 Å². The largest absolute Gasteiger partial charge is 0.493 e. The molecule has 0 aliphatic rings. The predicted octanol–water partition coefficient (Wildman–Crippen LogP) is 5.49. The number of para-hydroxylation sites is 2. The Kier molecular flexibility index (Phi) is 7.78. The molecule has 3 aromatic rings. The number of nitrogens with zero attached hydrogens (tertiary/aromatic N) is 2. The third-order valence-electron chi connectivity index (χ3n) is 4.52. The fourth-order valence-corrected chi connectivity index (χ4v) is 3.14. The van der Waals surface area contributed by atoms with E-state index in [0.717, 1.165) is 10.0 Å². The Morgan fingerprint density at radius 3 is 2.55 bits per heavy atom. The summed E-state index contributed by atoms with van der Waals surface area (Å²) in [5.41, 5.74) is 1.01. The number of carbonyl (C=O) groups excluding carboxylic acids is 1. The van der Waals surface area contributed by atoms with Gasteiger partial charge < -0.3 is 14.8 Å². The van der Waals surface area contributed by atoms with E-state index in [1.165, 1.54) is 31.4 Å². The number of ether oxygens (including phenoxy) is 2. The molecule has 0 aliphatic heterocycles. The van der Waals surface area contributed by atoms with Gasteiger partial charge in [-0.25, -0.2) is 0 Å². The van der Waals surface area contributed by atoms with Gasteiger partial charge in [0.15, 0.2) is 11.5 Å². The molecule has 0 fully saturated rings. The molecule has 0 bridgehead atoms. The molecule has 0 aromatic heterocycles. The van der Waals surface area contributed by atoms with Crippen molar-refractivity contribution in [2.24, 2.45) is 0 Å². The predicted molar refractivity (Wildman–Crippen MR) is 127 cm³/mol. The number of carbonyl (C=O) groups is 1. The highest BCUT2D eigenvalue weighted by Crippen LogP contribution is 2.30. The van der Waals surface area contributed by atoms with Gasteiger partial charge in [-0.1, -0.05) is 46.3 Å². The lowest BCUT2D eigenvalue weighted by molar-refractivity contribution is -0.383. The van der Waals surface area contributed by atoms with Gasteiger partial charge in [-0.15, -0.1) is 0 Å². The van der Waals surface area contributed by atoms with E-state index in [2.05, 4.69) is 21.2 Å². The molecule has 1 N–H and O–H groups in total. The molecule has 3 rings (SSSR count). The topological polar surface area (TPSA) is 114 Å². The van der Waals surface area contributed by atoms with Crippen molar-refractivity contribution >= 4 is 39.3 Å². The average Bonchev–Trinajstić information content (AvgIpc) is 2.82. The van der Waals surface area contributed by atoms with Crippen LogP contribution in [-0.4, -0.2) is 17.9 Å². The summed E-state index contributed by atoms with van der Waals surface area (Å²) in [4.78, 5) is 23.1. The molecule has 0 radical (unpaired) electrons. The van der Waals surface area contributed by atoms with Crippen LogP contribution in [0.4, 0.5) is 11.4 Å². The van der Waals surface area contributed by atoms with E-state index in [4.69, 9.17) is 9.47 Å². The van der Waals surface area contributed by atoms with Crippen LogP contribution in [0.15, 0.2) is 76.8 Å². The fraction of sp³-hybridized carbons (Fsp3) is 0.0833. The number of methoxy groups -OCH3 is 1. The highest BCUT2D eigenvalue weighted by Gasteiger charge is 2.17. The molecule has 9 heteroatoms. The summed E-state index contributed by atoms with van der Waals surface area (Å²) < 4.78 is 12.2. The van der Waals surface area contributed by atoms with Crippen molar-refractivity contribution in [3.63, 3.8) is 0 Å². The minimum absolute atomic E-state index is 0.00270. The smallest absolute Gasteiger partial charge is 0.292 e. The number of nitro benzene ring substituents is 1. The second-order valence-electron chi connectivity index (χ2n) is 6.72. The van der Waals surface area contributed by atoms with Gasteiger partial charge in [0.05, 0.1) is 12.0 Å². The van der Waals surface area contributed by atoms with Gasteiger partial charge in [0, 0.05) is 10.5 Å². The van der Waals surface area contributed by atoms with Gasteiger partial charge in [0.2, 0.25) is 0 Å². The number of rotatable bonds is 8. The van der Waals surface area contributed by atoms with Crippen LogP contribution < -0.4 is 14.8 Å². The van der Waals surface area contributed by atoms with E-state index < -0.39 is 10.8 Å². The molecule has 33 heavy (non-hydrogen) atoms. The molecule has 0 saturated carbocycles. The van der Waals surface area contributed by atoms with E-state index in [9.17, 15) is 20.2 Å². The van der Waals surface area contributed by atoms with Crippen LogP contribution in [0.5, 0.6) is 11.5 Å². The number of hydrogen-bond donors (Lipinski definition) is 1. The molecule has 1 amide bonds. The van der Waals surface area contributed by atoms with Crippen LogP contribution in [-0.2, 0) is 11.4 Å². The number of halogens is 1. The number of hydrogen-bond acceptors (Lipinski definition) is 6. The van der Waals surface area contributed by atoms with Crippen LogP contribution in [0.2, 0.25) is 0 Å². The number of benzene rings is 3. The van der Waals surface area contributed by atoms with E-state index >= 15 is 0 Å². The van der Waals surface area contributed by atoms with E-state index in [0.29, 0.717) is 23.7 Å². The Hall–Kier alpha value is -4.16. The zero-order valence-corrected chi connectivity index (χ0v) is 19.0. The van der Waals surface area contributed by atoms with Crippen molar-refractivity contribution < 1.29 is 19.2 Å². The number of nitro groups is 1. The van der Waals surface area contributed by atoms with E-state index in [-0.39, 0.29) is 16.9 Å². The first kappa shape index (κ1) is 23.5. The lowest BCUT2D eigenvalue weighted by Gasteiger charge is -2.12. The third-order valence-corrected chi connectivity index (χ3v) is 5.05. The molecule has 3 aromatic carbocycles. The molecule has 0 unspecified atom stereocenters. The van der Waals surface area contributed by atoms with Crippen molar-refractivity contribution in [2.75, 3.05) is 12.4 Å². The summed E-state index contributed by atoms with van der Waals surface area (Å²) in [5.74, 6) is 0.166. The third kappa shape index (κ3) is 6.18. The molecule has 166 valence electrons. The highest BCUT2D eigenvalue weighted by molar-refractivity contribution is 9.10. The van der Waals surface area contributed by atoms with Gasteiger partial charge in [0.25, 0.3) is 11.6 Å². The van der Waals surface area contributed by atoms with Crippen LogP contribution in [0, 0.1) is 21.4 Å². The highest BCUT2D eigenvalue weighted by atomic mass is 79.9. The fourth-order valence-electron chi connectivity index (χ4n) is 2.88. The Morgan fingerprint density at radius 2 is 1.88 bits per heavy atom. The Bertz CT molecular complexity index is 1250. The average molecular weight is 508 g/mol. The number of amides is 1. The van der Waals surface area contributed by atoms with Gasteiger partial charge in [-0.3, -0.25) is 14.9 Å². The first-order valence-corrected chi connectivity index (χ1v) is 10.4. The lowest BCUT2D eigenvalue weighted by Crippen LogP contribution is -2.14. The Morgan fingerprint density at radius 1 is 1.15 bits per heavy atom. The zero-order chi connectivity index (χ0) is 23.8. The Balaban J connectivity index is 1.78. The summed E-state index contributed by atoms with van der Waals surface area (Å²) in [7, 11) is 1.49. The quantitative estimate of drug-likeness (QED) is 0.186. The second kappa shape index (κ2) is 10.9. The summed E-state index contributed by atoms with van der Waals surface area (Å²) in [6, 6.07) is 20.2. The van der Waals surface area contributed by atoms with Crippen molar-refractivity contribution in [2.45, 2.75) is 6.61 Å². The van der Waals surface area contributed by atoms with Crippen LogP contribution in [0.1, 0.15) is 11.1 Å². The van der Waals surface area contributed by atoms with Crippen LogP contribution >= 0.6 is 15.9 Å². The van der Waals surface area contributed by atoms with Gasteiger partial charge in [0.1, 0.15) is 23.9 Å². The lowest BCUT2D eigenvalue weighted by atomic mass is 10.1. The molecule has 0 aliphatic carbocycles. The molecular weight excluding hydrogens is 490 g/mol. The molecule has 0 spiro atoms. The van der Waals surface area contributed by atoms with Crippen molar-refractivity contribution in [3.8, 4) is 17.6 Å². The van der Waals surface area contributed by atoms with Gasteiger partial charge >= 0.3 is 0 Å². The summed E-state index contributed by atoms with van der Waals surface area (Å²) in [5, 5.41) is 23.0. The summed E-state index contributed by atoms with van der Waals surface area (Å²) in [6.45, 7) is 0.334. The molecular formula is C24H18BrN3O5. The SMILES string of the molecule is COc1cc(C=C(C#N)C(=O)Nc2ccccc2[N+](=O)[O-])ccc1OCc1ccc(Br)cc1. The molecule has 0 saturated heterocycles. The monoisotopic (exact) mass is 507 g/mol. The maximum Gasteiger partial charge on any atom is 0.292 e. The summed E-state index contributed by atoms with van der Waals surface area (Å²) >= 11 is 3.39. The standard InChI is InChI=1S/C24H18BrN3O5/c1-32-23-13-17(8-11-22(23)33-15-16-6-9-19(25)10-7-16)12-18(14-26)24(29)27-20-4-2-3-5-21(20)28(30)31/h2-13H,15H2,1H3,(H,27,29). The zero-order valence-electron chi connectivity index (χ0n) is 17.4. The summed E-state index contributed by atoms with van der Waals surface area (Å²) in [6.07, 6.45) is 1.37. The maximum atomic E-state index is 12.5. The minimum atomic E-state index is -0.763. The van der Waals surface area contributed by atoms with Crippen LogP contribution in [0.25, 0.3) is 6.08 Å². The van der Waals surface area contributed by atoms with Gasteiger partial charge in [-0.05, 0) is 47.5 Å². The van der Waals surface area contributed by atoms with Crippen molar-refractivity contribution in [1.29, 1.82) is 5.26 Å². The first-order valence-electron chi connectivity index (χ1n) is 9.63. The van der Waals surface area contributed by atoms with Crippen LogP contribution in [0.3, 0.4) is 0 Å². The molecule has 0 heterocycles. The van der Waals surface area contributed by atoms with Gasteiger partial charge in [-0.2, -0.15) is 5.26 Å². The normalized spacial score (nSPS) is 10.8. The number of anilines is 1. The second-order valence-corrected chi connectivity index (χ2v) is 7.64. The van der Waals surface area contributed by atoms with E-state index in [1.54, 1.807) is 24.3 Å². The minimum Gasteiger partial charge on any atom is -0.493 e. The first-order chi connectivity index (χ1) is 15.9. The number of nitriles is 1. The molecule has 8 nitrogen and oxygen atoms in total. The Labute approximate surface area is 198 Å². The number of nitrogens with one attached hydrogen (secondary N) is 1. The molecule has 0 atom stereocenters. The maximum absolute atomic E-state index is 12.5. The van der Waals surface area contributed by atoms with Crippen molar-refractivity contribution in [1.82, 2.24) is 0 Å².